The number of hydrogen-bond donors (Lipinski definition) is 1. The highest BCUT2D eigenvalue weighted by Crippen LogP contribution is 2.28. The Morgan fingerprint density at radius 2 is 1.57 bits per heavy atom. The van der Waals surface area contributed by atoms with Gasteiger partial charge < -0.3 is 10.5 Å². The minimum Gasteiger partial charge on any atom is -0.487 e. The van der Waals surface area contributed by atoms with Crippen LogP contribution in [0.5, 0.6) is 5.75 Å². The van der Waals surface area contributed by atoms with Gasteiger partial charge in [0.2, 0.25) is 0 Å². The summed E-state index contributed by atoms with van der Waals surface area (Å²) in [5.41, 5.74) is 11.9. The molecule has 0 saturated carbocycles. The molecule has 21 heavy (non-hydrogen) atoms. The Hall–Kier alpha value is -1.96. The van der Waals surface area contributed by atoms with E-state index in [0.717, 1.165) is 5.75 Å². The van der Waals surface area contributed by atoms with Crippen molar-refractivity contribution in [3.05, 3.63) is 58.7 Å². The molecule has 0 aliphatic rings. The maximum Gasteiger partial charge on any atom is 0.142 e. The first-order chi connectivity index (χ1) is 9.79. The Morgan fingerprint density at radius 1 is 1.00 bits per heavy atom. The molecule has 2 aromatic rings. The van der Waals surface area contributed by atoms with Crippen LogP contribution in [0.3, 0.4) is 0 Å². The lowest BCUT2D eigenvalue weighted by Gasteiger charge is -2.22. The third-order valence-corrected chi connectivity index (χ3v) is 3.85. The van der Waals surface area contributed by atoms with Crippen molar-refractivity contribution in [3.8, 4) is 5.75 Å². The second kappa shape index (κ2) is 5.80. The van der Waals surface area contributed by atoms with Crippen molar-refractivity contribution in [2.24, 2.45) is 0 Å². The van der Waals surface area contributed by atoms with Crippen molar-refractivity contribution < 1.29 is 4.74 Å². The third-order valence-electron chi connectivity index (χ3n) is 3.85. The predicted molar refractivity (Wildman–Crippen MR) is 89.8 cm³/mol. The van der Waals surface area contributed by atoms with E-state index in [1.54, 1.807) is 0 Å². The van der Waals surface area contributed by atoms with Crippen LogP contribution >= 0.6 is 0 Å². The Balaban J connectivity index is 2.24. The molecule has 2 nitrogen and oxygen atoms in total. The Bertz CT molecular complexity index is 615. The molecule has 0 atom stereocenters. The van der Waals surface area contributed by atoms with Gasteiger partial charge in [0.15, 0.2) is 0 Å². The number of benzene rings is 2. The van der Waals surface area contributed by atoms with Gasteiger partial charge in [-0.3, -0.25) is 0 Å². The van der Waals surface area contributed by atoms with E-state index in [-0.39, 0.29) is 5.41 Å². The van der Waals surface area contributed by atoms with Crippen molar-refractivity contribution >= 4 is 5.69 Å². The summed E-state index contributed by atoms with van der Waals surface area (Å²) in [4.78, 5) is 0. The first-order valence-corrected chi connectivity index (χ1v) is 7.37. The molecular weight excluding hydrogens is 258 g/mol. The molecule has 2 aromatic carbocycles. The lowest BCUT2D eigenvalue weighted by atomic mass is 9.84. The zero-order chi connectivity index (χ0) is 15.6. The molecule has 112 valence electrons. The molecule has 0 aromatic heterocycles. The van der Waals surface area contributed by atoms with Gasteiger partial charge in [0.05, 0.1) is 5.69 Å². The normalized spacial score (nSPS) is 11.5. The van der Waals surface area contributed by atoms with Crippen LogP contribution in [0.25, 0.3) is 0 Å². The number of nitrogen functional groups attached to an aromatic ring is 1. The van der Waals surface area contributed by atoms with Gasteiger partial charge in [-0.25, -0.2) is 0 Å². The van der Waals surface area contributed by atoms with Crippen LogP contribution in [0, 0.1) is 13.8 Å². The summed E-state index contributed by atoms with van der Waals surface area (Å²) in [6.45, 7) is 11.6. The molecule has 0 heterocycles. The van der Waals surface area contributed by atoms with Crippen LogP contribution < -0.4 is 10.5 Å². The van der Waals surface area contributed by atoms with Gasteiger partial charge in [-0.15, -0.1) is 0 Å². The Kier molecular flexibility index (Phi) is 4.26. The summed E-state index contributed by atoms with van der Waals surface area (Å²) in [6.07, 6.45) is 0. The van der Waals surface area contributed by atoms with E-state index in [2.05, 4.69) is 46.8 Å². The van der Waals surface area contributed by atoms with Crippen LogP contribution in [0.4, 0.5) is 5.69 Å². The van der Waals surface area contributed by atoms with Crippen molar-refractivity contribution in [2.45, 2.75) is 46.6 Å². The van der Waals surface area contributed by atoms with E-state index < -0.39 is 0 Å². The van der Waals surface area contributed by atoms with Crippen molar-refractivity contribution in [2.75, 3.05) is 5.73 Å². The molecule has 0 bridgehead atoms. The van der Waals surface area contributed by atoms with Crippen molar-refractivity contribution in [1.29, 1.82) is 0 Å². The van der Waals surface area contributed by atoms with E-state index in [1.807, 2.05) is 24.3 Å². The maximum atomic E-state index is 5.92. The molecule has 2 N–H and O–H groups in total. The second-order valence-corrected chi connectivity index (χ2v) is 6.67. The number of rotatable bonds is 3. The minimum atomic E-state index is 0.165. The lowest BCUT2D eigenvalue weighted by molar-refractivity contribution is 0.306. The summed E-state index contributed by atoms with van der Waals surface area (Å²) >= 11 is 0. The zero-order valence-electron chi connectivity index (χ0n) is 13.7. The summed E-state index contributed by atoms with van der Waals surface area (Å²) in [5.74, 6) is 0.746. The molecule has 0 saturated heterocycles. The van der Waals surface area contributed by atoms with Gasteiger partial charge in [0.25, 0.3) is 0 Å². The van der Waals surface area contributed by atoms with Crippen LogP contribution in [-0.2, 0) is 12.0 Å². The zero-order valence-corrected chi connectivity index (χ0v) is 13.7. The smallest absolute Gasteiger partial charge is 0.142 e. The highest BCUT2D eigenvalue weighted by molar-refractivity contribution is 5.52. The summed E-state index contributed by atoms with van der Waals surface area (Å²) in [6, 6.07) is 12.1. The molecule has 0 fully saturated rings. The first kappa shape index (κ1) is 15.4. The van der Waals surface area contributed by atoms with Crippen LogP contribution in [0.1, 0.15) is 43.0 Å². The predicted octanol–water partition coefficient (Wildman–Crippen LogP) is 4.76. The van der Waals surface area contributed by atoms with Gasteiger partial charge in [0.1, 0.15) is 12.4 Å². The average Bonchev–Trinajstić information content (AvgIpc) is 2.38. The summed E-state index contributed by atoms with van der Waals surface area (Å²) < 4.78 is 5.88. The summed E-state index contributed by atoms with van der Waals surface area (Å²) in [5, 5.41) is 0. The van der Waals surface area contributed by atoms with Gasteiger partial charge in [0, 0.05) is 0 Å². The van der Waals surface area contributed by atoms with Gasteiger partial charge in [-0.1, -0.05) is 45.0 Å². The van der Waals surface area contributed by atoms with E-state index in [9.17, 15) is 0 Å². The van der Waals surface area contributed by atoms with Crippen LogP contribution in [0.15, 0.2) is 36.4 Å². The van der Waals surface area contributed by atoms with Gasteiger partial charge in [-0.2, -0.15) is 0 Å². The van der Waals surface area contributed by atoms with Gasteiger partial charge in [-0.05, 0) is 53.6 Å². The number of aryl methyl sites for hydroxylation is 2. The number of nitrogens with two attached hydrogens (primary N) is 1. The SMILES string of the molecule is Cc1cc(C(C)(C)C)cc(C)c1COc1ccccc1N. The van der Waals surface area contributed by atoms with E-state index >= 15 is 0 Å². The fraction of sp³-hybridized carbons (Fsp3) is 0.368. The highest BCUT2D eigenvalue weighted by Gasteiger charge is 2.16. The molecule has 0 unspecified atom stereocenters. The highest BCUT2D eigenvalue weighted by atomic mass is 16.5. The minimum absolute atomic E-state index is 0.165. The molecule has 0 spiro atoms. The van der Waals surface area contributed by atoms with E-state index in [1.165, 1.54) is 22.3 Å². The maximum absolute atomic E-state index is 5.92. The molecule has 0 amide bonds. The largest absolute Gasteiger partial charge is 0.487 e. The van der Waals surface area contributed by atoms with Crippen LogP contribution in [-0.4, -0.2) is 0 Å². The first-order valence-electron chi connectivity index (χ1n) is 7.37. The molecule has 0 aliphatic carbocycles. The Labute approximate surface area is 127 Å². The van der Waals surface area contributed by atoms with Gasteiger partial charge >= 0.3 is 0 Å². The molecule has 2 rings (SSSR count). The summed E-state index contributed by atoms with van der Waals surface area (Å²) in [7, 11) is 0. The van der Waals surface area contributed by atoms with Crippen LogP contribution in [0.2, 0.25) is 0 Å². The quantitative estimate of drug-likeness (QED) is 0.824. The monoisotopic (exact) mass is 283 g/mol. The fourth-order valence-corrected chi connectivity index (χ4v) is 2.42. The van der Waals surface area contributed by atoms with Crippen molar-refractivity contribution in [1.82, 2.24) is 0 Å². The number of ether oxygens (including phenoxy) is 1. The Morgan fingerprint density at radius 3 is 2.10 bits per heavy atom. The lowest BCUT2D eigenvalue weighted by Crippen LogP contribution is -2.13. The van der Waals surface area contributed by atoms with E-state index in [4.69, 9.17) is 10.5 Å². The third kappa shape index (κ3) is 3.57. The fourth-order valence-electron chi connectivity index (χ4n) is 2.42. The number of para-hydroxylation sites is 2. The number of anilines is 1. The molecule has 0 radical (unpaired) electrons. The molecule has 0 aliphatic heterocycles. The molecular formula is C19H25NO. The van der Waals surface area contributed by atoms with Crippen molar-refractivity contribution in [3.63, 3.8) is 0 Å². The standard InChI is InChI=1S/C19H25NO/c1-13-10-15(19(3,4)5)11-14(2)16(13)12-21-18-9-7-6-8-17(18)20/h6-11H,12,20H2,1-5H3. The number of hydrogen-bond acceptors (Lipinski definition) is 2. The van der Waals surface area contributed by atoms with E-state index in [0.29, 0.717) is 12.3 Å². The second-order valence-electron chi connectivity index (χ2n) is 6.67. The molecule has 2 heteroatoms. The topological polar surface area (TPSA) is 35.2 Å². The average molecular weight is 283 g/mol.